The van der Waals surface area contributed by atoms with E-state index >= 15 is 0 Å². The fourth-order valence-electron chi connectivity index (χ4n) is 2.00. The molecule has 1 rings (SSSR count). The molecule has 4 nitrogen and oxygen atoms in total. The lowest BCUT2D eigenvalue weighted by Gasteiger charge is -2.18. The maximum atomic E-state index is 12.0. The lowest BCUT2D eigenvalue weighted by atomic mass is 10.1. The molecular weight excluding hydrogens is 288 g/mol. The highest BCUT2D eigenvalue weighted by Crippen LogP contribution is 2.17. The predicted molar refractivity (Wildman–Crippen MR) is 85.1 cm³/mol. The molecule has 0 unspecified atom stereocenters. The number of rotatable bonds is 8. The van der Waals surface area contributed by atoms with E-state index in [1.165, 1.54) is 6.92 Å². The molecule has 0 aliphatic heterocycles. The molecule has 0 fully saturated rings. The van der Waals surface area contributed by atoms with Crippen LogP contribution < -0.4 is 5.32 Å². The van der Waals surface area contributed by atoms with Gasteiger partial charge in [-0.15, -0.1) is 0 Å². The summed E-state index contributed by atoms with van der Waals surface area (Å²) in [5, 5.41) is 3.43. The third-order valence-corrected chi connectivity index (χ3v) is 3.60. The second-order valence-electron chi connectivity index (χ2n) is 5.13. The zero-order valence-corrected chi connectivity index (χ0v) is 13.4. The second-order valence-corrected chi connectivity index (χ2v) is 5.54. The van der Waals surface area contributed by atoms with Crippen LogP contribution in [0.2, 0.25) is 5.02 Å². The minimum atomic E-state index is -0.00875. The number of amides is 2. The molecule has 0 heterocycles. The minimum Gasteiger partial charge on any atom is -0.356 e. The number of nitrogens with zero attached hydrogens (tertiary/aromatic N) is 1. The lowest BCUT2D eigenvalue weighted by Crippen LogP contribution is -2.26. The summed E-state index contributed by atoms with van der Waals surface area (Å²) in [5.41, 5.74) is 0.959. The largest absolute Gasteiger partial charge is 0.356 e. The lowest BCUT2D eigenvalue weighted by molar-refractivity contribution is -0.130. The molecule has 0 aromatic heterocycles. The van der Waals surface area contributed by atoms with E-state index < -0.39 is 0 Å². The molecule has 2 amide bonds. The van der Waals surface area contributed by atoms with Crippen molar-refractivity contribution < 1.29 is 9.59 Å². The van der Waals surface area contributed by atoms with Crippen LogP contribution in [-0.4, -0.2) is 30.3 Å². The van der Waals surface area contributed by atoms with Crippen LogP contribution in [0, 0.1) is 0 Å². The summed E-state index contributed by atoms with van der Waals surface area (Å²) < 4.78 is 0. The van der Waals surface area contributed by atoms with Gasteiger partial charge < -0.3 is 10.2 Å². The predicted octanol–water partition coefficient (Wildman–Crippen LogP) is 2.99. The maximum absolute atomic E-state index is 12.0. The standard InChI is InChI=1S/C16H23ClN2O2/c1-13(20)18-11-7-3-4-10-16(21)19(2)12-14-8-5-6-9-15(14)17/h5-6,8-9H,3-4,7,10-12H2,1-2H3,(H,18,20). The van der Waals surface area contributed by atoms with Crippen molar-refractivity contribution in [1.82, 2.24) is 10.2 Å². The van der Waals surface area contributed by atoms with Crippen LogP contribution in [0.1, 0.15) is 38.2 Å². The first-order chi connectivity index (χ1) is 10.0. The van der Waals surface area contributed by atoms with Gasteiger partial charge in [-0.3, -0.25) is 9.59 Å². The molecule has 0 aliphatic rings. The van der Waals surface area contributed by atoms with Gasteiger partial charge in [0.05, 0.1) is 0 Å². The Labute approximate surface area is 131 Å². The summed E-state index contributed by atoms with van der Waals surface area (Å²) in [6.07, 6.45) is 3.21. The average molecular weight is 311 g/mol. The Bertz CT molecular complexity index is 477. The van der Waals surface area contributed by atoms with Crippen LogP contribution >= 0.6 is 11.6 Å². The van der Waals surface area contributed by atoms with Gasteiger partial charge in [0.25, 0.3) is 0 Å². The third-order valence-electron chi connectivity index (χ3n) is 3.23. The molecular formula is C16H23ClN2O2. The van der Waals surface area contributed by atoms with Crippen LogP contribution in [0.3, 0.4) is 0 Å². The van der Waals surface area contributed by atoms with Crippen molar-refractivity contribution in [3.63, 3.8) is 0 Å². The Morgan fingerprint density at radius 1 is 1.19 bits per heavy atom. The third kappa shape index (κ3) is 7.14. The topological polar surface area (TPSA) is 49.4 Å². The molecule has 0 radical (unpaired) electrons. The van der Waals surface area contributed by atoms with Crippen molar-refractivity contribution >= 4 is 23.4 Å². The number of carbonyl (C=O) groups excluding carboxylic acids is 2. The fraction of sp³-hybridized carbons (Fsp3) is 0.500. The van der Waals surface area contributed by atoms with Crippen molar-refractivity contribution in [2.75, 3.05) is 13.6 Å². The highest BCUT2D eigenvalue weighted by molar-refractivity contribution is 6.31. The molecule has 0 spiro atoms. The van der Waals surface area contributed by atoms with E-state index in [1.54, 1.807) is 11.9 Å². The van der Waals surface area contributed by atoms with Gasteiger partial charge in [0.15, 0.2) is 0 Å². The van der Waals surface area contributed by atoms with Gasteiger partial charge in [-0.05, 0) is 24.5 Å². The van der Waals surface area contributed by atoms with Gasteiger partial charge in [-0.1, -0.05) is 36.2 Å². The number of unbranched alkanes of at least 4 members (excludes halogenated alkanes) is 2. The first-order valence-electron chi connectivity index (χ1n) is 7.22. The zero-order chi connectivity index (χ0) is 15.7. The summed E-state index contributed by atoms with van der Waals surface area (Å²) >= 11 is 6.09. The molecule has 21 heavy (non-hydrogen) atoms. The van der Waals surface area contributed by atoms with Crippen LogP contribution in [0.5, 0.6) is 0 Å². The monoisotopic (exact) mass is 310 g/mol. The van der Waals surface area contributed by atoms with Crippen molar-refractivity contribution in [2.24, 2.45) is 0 Å². The van der Waals surface area contributed by atoms with E-state index in [2.05, 4.69) is 5.32 Å². The average Bonchev–Trinajstić information content (AvgIpc) is 2.44. The summed E-state index contributed by atoms with van der Waals surface area (Å²) in [6, 6.07) is 7.56. The summed E-state index contributed by atoms with van der Waals surface area (Å²) in [7, 11) is 1.79. The quantitative estimate of drug-likeness (QED) is 0.750. The van der Waals surface area contributed by atoms with Crippen molar-refractivity contribution in [2.45, 2.75) is 39.2 Å². The number of nitrogens with one attached hydrogen (secondary N) is 1. The Morgan fingerprint density at radius 3 is 2.57 bits per heavy atom. The molecule has 0 saturated heterocycles. The molecule has 0 bridgehead atoms. The summed E-state index contributed by atoms with van der Waals surface area (Å²) in [4.78, 5) is 24.4. The highest BCUT2D eigenvalue weighted by Gasteiger charge is 2.10. The summed E-state index contributed by atoms with van der Waals surface area (Å²) in [5.74, 6) is 0.111. The van der Waals surface area contributed by atoms with Crippen molar-refractivity contribution in [1.29, 1.82) is 0 Å². The van der Waals surface area contributed by atoms with Gasteiger partial charge in [0.1, 0.15) is 0 Å². The Kier molecular flexibility index (Phi) is 7.83. The van der Waals surface area contributed by atoms with Gasteiger partial charge in [-0.2, -0.15) is 0 Å². The fourth-order valence-corrected chi connectivity index (χ4v) is 2.20. The number of hydrogen-bond donors (Lipinski definition) is 1. The molecule has 0 saturated carbocycles. The molecule has 116 valence electrons. The van der Waals surface area contributed by atoms with Crippen LogP contribution in [0.25, 0.3) is 0 Å². The molecule has 0 atom stereocenters. The van der Waals surface area contributed by atoms with Gasteiger partial charge in [-0.25, -0.2) is 0 Å². The van der Waals surface area contributed by atoms with Gasteiger partial charge >= 0.3 is 0 Å². The van der Waals surface area contributed by atoms with Gasteiger partial charge in [0.2, 0.25) is 11.8 Å². The van der Waals surface area contributed by atoms with Crippen molar-refractivity contribution in [3.05, 3.63) is 34.9 Å². The van der Waals surface area contributed by atoms with E-state index in [4.69, 9.17) is 11.6 Å². The smallest absolute Gasteiger partial charge is 0.222 e. The van der Waals surface area contributed by atoms with E-state index in [-0.39, 0.29) is 11.8 Å². The van der Waals surface area contributed by atoms with Crippen LogP contribution in [0.4, 0.5) is 0 Å². The highest BCUT2D eigenvalue weighted by atomic mass is 35.5. The number of halogens is 1. The Hall–Kier alpha value is -1.55. The number of benzene rings is 1. The SMILES string of the molecule is CC(=O)NCCCCCC(=O)N(C)Cc1ccccc1Cl. The summed E-state index contributed by atoms with van der Waals surface area (Å²) in [6.45, 7) is 2.72. The number of hydrogen-bond acceptors (Lipinski definition) is 2. The minimum absolute atomic E-state index is 0.00875. The maximum Gasteiger partial charge on any atom is 0.222 e. The van der Waals surface area contributed by atoms with E-state index in [0.29, 0.717) is 24.5 Å². The first-order valence-corrected chi connectivity index (χ1v) is 7.60. The second kappa shape index (κ2) is 9.40. The molecule has 5 heteroatoms. The molecule has 1 aromatic rings. The molecule has 1 aromatic carbocycles. The Balaban J connectivity index is 2.23. The zero-order valence-electron chi connectivity index (χ0n) is 12.7. The molecule has 0 aliphatic carbocycles. The van der Waals surface area contributed by atoms with Crippen molar-refractivity contribution in [3.8, 4) is 0 Å². The Morgan fingerprint density at radius 2 is 1.90 bits per heavy atom. The number of carbonyl (C=O) groups is 2. The van der Waals surface area contributed by atoms with E-state index in [9.17, 15) is 9.59 Å². The van der Waals surface area contributed by atoms with E-state index in [0.717, 1.165) is 24.8 Å². The van der Waals surface area contributed by atoms with Crippen LogP contribution in [0.15, 0.2) is 24.3 Å². The molecule has 1 N–H and O–H groups in total. The van der Waals surface area contributed by atoms with Crippen LogP contribution in [-0.2, 0) is 16.1 Å². The normalized spacial score (nSPS) is 10.2. The van der Waals surface area contributed by atoms with Gasteiger partial charge in [0, 0.05) is 38.5 Å². The first kappa shape index (κ1) is 17.5. The van der Waals surface area contributed by atoms with E-state index in [1.807, 2.05) is 24.3 Å².